The van der Waals surface area contributed by atoms with Crippen molar-refractivity contribution >= 4 is 17.6 Å². The number of aliphatic carboxylic acids is 1. The third-order valence-corrected chi connectivity index (χ3v) is 4.58. The van der Waals surface area contributed by atoms with Crippen LogP contribution in [-0.4, -0.2) is 17.2 Å². The quantitative estimate of drug-likeness (QED) is 0.636. The molecule has 0 aliphatic rings. The number of carboxylic acid groups (broad SMARTS) is 1. The van der Waals surface area contributed by atoms with Crippen LogP contribution >= 0.6 is 11.6 Å². The van der Waals surface area contributed by atoms with E-state index in [9.17, 15) is 9.90 Å². The van der Waals surface area contributed by atoms with Crippen LogP contribution < -0.4 is 4.74 Å². The molecular weight excluding hydrogens is 348 g/mol. The van der Waals surface area contributed by atoms with Crippen LogP contribution in [0.15, 0.2) is 72.8 Å². The fraction of sp³-hybridized carbons (Fsp3) is 0.136. The molecule has 4 heteroatoms. The Bertz CT molecular complexity index is 889. The molecule has 3 nitrogen and oxygen atoms in total. The number of hydrogen-bond donors (Lipinski definition) is 1. The van der Waals surface area contributed by atoms with Gasteiger partial charge in [0.15, 0.2) is 6.10 Å². The largest absolute Gasteiger partial charge is 0.478 e. The Balaban J connectivity index is 1.73. The van der Waals surface area contributed by atoms with Crippen molar-refractivity contribution in [2.75, 3.05) is 0 Å². The molecule has 0 bridgehead atoms. The van der Waals surface area contributed by atoms with Crippen LogP contribution in [0.3, 0.4) is 0 Å². The molecule has 0 unspecified atom stereocenters. The van der Waals surface area contributed by atoms with Gasteiger partial charge < -0.3 is 9.84 Å². The predicted octanol–water partition coefficient (Wildman–Crippen LogP) is 5.39. The van der Waals surface area contributed by atoms with E-state index in [2.05, 4.69) is 0 Å². The van der Waals surface area contributed by atoms with E-state index < -0.39 is 12.1 Å². The van der Waals surface area contributed by atoms with Crippen LogP contribution in [0, 0.1) is 6.92 Å². The molecular formula is C22H19ClO3. The van der Waals surface area contributed by atoms with E-state index in [0.717, 1.165) is 22.3 Å². The van der Waals surface area contributed by atoms with Crippen LogP contribution in [0.2, 0.25) is 5.02 Å². The number of halogens is 1. The number of rotatable bonds is 6. The molecule has 0 spiro atoms. The average molecular weight is 367 g/mol. The molecule has 3 aromatic rings. The van der Waals surface area contributed by atoms with Crippen molar-refractivity contribution in [3.8, 4) is 16.9 Å². The third kappa shape index (κ3) is 4.44. The zero-order chi connectivity index (χ0) is 18.5. The van der Waals surface area contributed by atoms with Gasteiger partial charge in [-0.3, -0.25) is 0 Å². The first-order chi connectivity index (χ1) is 12.5. The maximum atomic E-state index is 11.6. The summed E-state index contributed by atoms with van der Waals surface area (Å²) in [5.74, 6) is -0.482. The highest BCUT2D eigenvalue weighted by atomic mass is 35.5. The van der Waals surface area contributed by atoms with E-state index in [4.69, 9.17) is 16.3 Å². The maximum absolute atomic E-state index is 11.6. The lowest BCUT2D eigenvalue weighted by Crippen LogP contribution is -2.29. The first kappa shape index (κ1) is 18.0. The van der Waals surface area contributed by atoms with Crippen molar-refractivity contribution in [1.29, 1.82) is 0 Å². The summed E-state index contributed by atoms with van der Waals surface area (Å²) in [6.07, 6.45) is -0.730. The molecule has 0 amide bonds. The molecule has 3 rings (SSSR count). The first-order valence-corrected chi connectivity index (χ1v) is 8.71. The van der Waals surface area contributed by atoms with Crippen LogP contribution in [-0.2, 0) is 11.2 Å². The highest BCUT2D eigenvalue weighted by Crippen LogP contribution is 2.24. The Morgan fingerprint density at radius 1 is 1.00 bits per heavy atom. The van der Waals surface area contributed by atoms with Gasteiger partial charge in [-0.15, -0.1) is 0 Å². The van der Waals surface area contributed by atoms with Gasteiger partial charge in [0.2, 0.25) is 0 Å². The highest BCUT2D eigenvalue weighted by Gasteiger charge is 2.20. The summed E-state index contributed by atoms with van der Waals surface area (Å²) >= 11 is 6.12. The molecule has 0 aliphatic carbocycles. The molecule has 1 N–H and O–H groups in total. The lowest BCUT2D eigenvalue weighted by molar-refractivity contribution is -0.145. The van der Waals surface area contributed by atoms with Gasteiger partial charge in [0, 0.05) is 11.4 Å². The molecule has 0 aliphatic heterocycles. The minimum absolute atomic E-state index is 0.246. The van der Waals surface area contributed by atoms with E-state index in [1.54, 1.807) is 18.2 Å². The van der Waals surface area contributed by atoms with Crippen LogP contribution in [0.5, 0.6) is 5.75 Å². The van der Waals surface area contributed by atoms with Gasteiger partial charge in [0.05, 0.1) is 0 Å². The van der Waals surface area contributed by atoms with Gasteiger partial charge in [-0.05, 0) is 47.4 Å². The molecule has 132 valence electrons. The topological polar surface area (TPSA) is 46.5 Å². The molecule has 1 atom stereocenters. The van der Waals surface area contributed by atoms with Crippen LogP contribution in [0.25, 0.3) is 11.1 Å². The highest BCUT2D eigenvalue weighted by molar-refractivity contribution is 6.31. The van der Waals surface area contributed by atoms with Gasteiger partial charge >= 0.3 is 5.97 Å². The number of hydrogen-bond acceptors (Lipinski definition) is 2. The van der Waals surface area contributed by atoms with Crippen LogP contribution in [0.4, 0.5) is 0 Å². The van der Waals surface area contributed by atoms with Gasteiger partial charge in [0.25, 0.3) is 0 Å². The van der Waals surface area contributed by atoms with Crippen LogP contribution in [0.1, 0.15) is 11.1 Å². The summed E-state index contributed by atoms with van der Waals surface area (Å²) in [7, 11) is 0. The standard InChI is InChI=1S/C22H19ClO3/c1-15-7-8-16(13-20(15)23)14-21(22(24)25)26-19-11-9-18(10-12-19)17-5-3-2-4-6-17/h2-13,21H,14H2,1H3,(H,24,25)/t21-/m1/s1. The average Bonchev–Trinajstić information content (AvgIpc) is 2.65. The maximum Gasteiger partial charge on any atom is 0.345 e. The summed E-state index contributed by atoms with van der Waals surface area (Å²) in [6.45, 7) is 1.91. The lowest BCUT2D eigenvalue weighted by Gasteiger charge is -2.16. The fourth-order valence-electron chi connectivity index (χ4n) is 2.68. The number of benzene rings is 3. The molecule has 0 radical (unpaired) electrons. The number of aryl methyl sites for hydroxylation is 1. The molecule has 0 fully saturated rings. The SMILES string of the molecule is Cc1ccc(C[C@@H](Oc2ccc(-c3ccccc3)cc2)C(=O)O)cc1Cl. The molecule has 0 aromatic heterocycles. The Hall–Kier alpha value is -2.78. The lowest BCUT2D eigenvalue weighted by atomic mass is 10.1. The van der Waals surface area contributed by atoms with Crippen molar-refractivity contribution in [3.05, 3.63) is 88.9 Å². The summed E-state index contributed by atoms with van der Waals surface area (Å²) in [5, 5.41) is 10.1. The second-order valence-electron chi connectivity index (χ2n) is 6.12. The number of carboxylic acids is 1. The van der Waals surface area contributed by atoms with E-state index in [0.29, 0.717) is 10.8 Å². The summed E-state index contributed by atoms with van der Waals surface area (Å²) in [6, 6.07) is 22.9. The second-order valence-corrected chi connectivity index (χ2v) is 6.53. The molecule has 3 aromatic carbocycles. The fourth-order valence-corrected chi connectivity index (χ4v) is 2.88. The normalized spacial score (nSPS) is 11.8. The van der Waals surface area contributed by atoms with Crippen molar-refractivity contribution < 1.29 is 14.6 Å². The Morgan fingerprint density at radius 2 is 1.65 bits per heavy atom. The smallest absolute Gasteiger partial charge is 0.345 e. The van der Waals surface area contributed by atoms with Gasteiger partial charge in [-0.2, -0.15) is 0 Å². The number of carbonyl (C=O) groups is 1. The predicted molar refractivity (Wildman–Crippen MR) is 104 cm³/mol. The zero-order valence-corrected chi connectivity index (χ0v) is 15.1. The van der Waals surface area contributed by atoms with E-state index >= 15 is 0 Å². The van der Waals surface area contributed by atoms with Crippen molar-refractivity contribution in [1.82, 2.24) is 0 Å². The minimum atomic E-state index is -1.01. The van der Waals surface area contributed by atoms with Gasteiger partial charge in [0.1, 0.15) is 5.75 Å². The Labute approximate surface area is 157 Å². The third-order valence-electron chi connectivity index (χ3n) is 4.17. The summed E-state index contributed by atoms with van der Waals surface area (Å²) in [5.41, 5.74) is 3.94. The van der Waals surface area contributed by atoms with Gasteiger partial charge in [-0.25, -0.2) is 4.79 Å². The van der Waals surface area contributed by atoms with E-state index in [1.807, 2.05) is 61.5 Å². The van der Waals surface area contributed by atoms with Crippen molar-refractivity contribution in [2.45, 2.75) is 19.4 Å². The van der Waals surface area contributed by atoms with Crippen molar-refractivity contribution in [3.63, 3.8) is 0 Å². The Morgan fingerprint density at radius 3 is 2.27 bits per heavy atom. The zero-order valence-electron chi connectivity index (χ0n) is 14.4. The Kier molecular flexibility index (Phi) is 5.59. The number of ether oxygens (including phenoxy) is 1. The molecule has 0 saturated heterocycles. The monoisotopic (exact) mass is 366 g/mol. The summed E-state index contributed by atoms with van der Waals surface area (Å²) < 4.78 is 5.70. The second kappa shape index (κ2) is 8.07. The molecule has 26 heavy (non-hydrogen) atoms. The summed E-state index contributed by atoms with van der Waals surface area (Å²) in [4.78, 5) is 11.6. The van der Waals surface area contributed by atoms with Gasteiger partial charge in [-0.1, -0.05) is 66.2 Å². The van der Waals surface area contributed by atoms with E-state index in [-0.39, 0.29) is 6.42 Å². The van der Waals surface area contributed by atoms with Crippen molar-refractivity contribution in [2.24, 2.45) is 0 Å². The first-order valence-electron chi connectivity index (χ1n) is 8.33. The minimum Gasteiger partial charge on any atom is -0.478 e. The molecule has 0 saturated carbocycles. The van der Waals surface area contributed by atoms with E-state index in [1.165, 1.54) is 0 Å². The molecule has 0 heterocycles.